The molecule has 1 heterocycles. The van der Waals surface area contributed by atoms with Gasteiger partial charge in [0.05, 0.1) is 5.33 Å². The van der Waals surface area contributed by atoms with Crippen molar-refractivity contribution < 1.29 is 0 Å². The Bertz CT molecular complexity index is 406. The lowest BCUT2D eigenvalue weighted by Crippen LogP contribution is -2.29. The van der Waals surface area contributed by atoms with Gasteiger partial charge < -0.3 is 4.57 Å². The summed E-state index contributed by atoms with van der Waals surface area (Å²) in [6.07, 6.45) is 7.65. The molecule has 0 N–H and O–H groups in total. The third-order valence-electron chi connectivity index (χ3n) is 4.23. The molecule has 1 aromatic rings. The second kappa shape index (κ2) is 6.38. The summed E-state index contributed by atoms with van der Waals surface area (Å²) in [5.41, 5.74) is 0.288. The Morgan fingerprint density at radius 1 is 1.26 bits per heavy atom. The normalized spacial score (nSPS) is 18.4. The van der Waals surface area contributed by atoms with E-state index in [0.717, 1.165) is 30.0 Å². The Labute approximate surface area is 125 Å². The summed E-state index contributed by atoms with van der Waals surface area (Å²) in [6, 6.07) is 0. The monoisotopic (exact) mass is 327 g/mol. The van der Waals surface area contributed by atoms with Crippen LogP contribution in [0.5, 0.6) is 0 Å². The summed E-state index contributed by atoms with van der Waals surface area (Å²) < 4.78 is 2.38. The van der Waals surface area contributed by atoms with Gasteiger partial charge in [-0.15, -0.1) is 10.2 Å². The third-order valence-corrected chi connectivity index (χ3v) is 4.73. The van der Waals surface area contributed by atoms with E-state index in [0.29, 0.717) is 0 Å². The fourth-order valence-electron chi connectivity index (χ4n) is 3.64. The first-order chi connectivity index (χ1) is 9.13. The van der Waals surface area contributed by atoms with Gasteiger partial charge in [0.1, 0.15) is 11.6 Å². The molecule has 0 aromatic carbocycles. The molecule has 19 heavy (non-hydrogen) atoms. The summed E-state index contributed by atoms with van der Waals surface area (Å²) in [6.45, 7) is 7.92. The van der Waals surface area contributed by atoms with Crippen molar-refractivity contribution in [1.82, 2.24) is 14.8 Å². The standard InChI is InChI=1S/C15H26BrN3/c1-4-9-19-13(11-16)17-18-14(19)15(10-12(2)3)7-5-6-8-15/h12H,4-11H2,1-3H3. The Morgan fingerprint density at radius 3 is 2.47 bits per heavy atom. The molecule has 1 fully saturated rings. The minimum Gasteiger partial charge on any atom is -0.314 e. The van der Waals surface area contributed by atoms with Gasteiger partial charge in [0.2, 0.25) is 0 Å². The lowest BCUT2D eigenvalue weighted by molar-refractivity contribution is 0.315. The highest BCUT2D eigenvalue weighted by molar-refractivity contribution is 9.08. The molecule has 1 aromatic heterocycles. The summed E-state index contributed by atoms with van der Waals surface area (Å²) >= 11 is 3.55. The molecule has 0 bridgehead atoms. The molecular weight excluding hydrogens is 302 g/mol. The van der Waals surface area contributed by atoms with E-state index >= 15 is 0 Å². The number of halogens is 1. The van der Waals surface area contributed by atoms with Crippen molar-refractivity contribution in [2.45, 2.75) is 76.6 Å². The van der Waals surface area contributed by atoms with Crippen LogP contribution in [-0.4, -0.2) is 14.8 Å². The first-order valence-electron chi connectivity index (χ1n) is 7.61. The Balaban J connectivity index is 2.38. The van der Waals surface area contributed by atoms with Crippen molar-refractivity contribution in [3.05, 3.63) is 11.6 Å². The van der Waals surface area contributed by atoms with Crippen LogP contribution in [0.25, 0.3) is 0 Å². The molecule has 1 saturated carbocycles. The molecule has 0 unspecified atom stereocenters. The first-order valence-corrected chi connectivity index (χ1v) is 8.73. The Morgan fingerprint density at radius 2 is 1.95 bits per heavy atom. The molecular formula is C15H26BrN3. The Kier molecular flexibility index (Phi) is 5.04. The van der Waals surface area contributed by atoms with Gasteiger partial charge in [-0.25, -0.2) is 0 Å². The van der Waals surface area contributed by atoms with Crippen LogP contribution in [0, 0.1) is 5.92 Å². The van der Waals surface area contributed by atoms with E-state index in [2.05, 4.69) is 51.5 Å². The van der Waals surface area contributed by atoms with Crippen molar-refractivity contribution in [3.63, 3.8) is 0 Å². The average molecular weight is 328 g/mol. The summed E-state index contributed by atoms with van der Waals surface area (Å²) in [5.74, 6) is 3.07. The lowest BCUT2D eigenvalue weighted by Gasteiger charge is -2.30. The molecule has 0 radical (unpaired) electrons. The highest BCUT2D eigenvalue weighted by Crippen LogP contribution is 2.45. The molecule has 108 valence electrons. The van der Waals surface area contributed by atoms with Crippen molar-refractivity contribution in [1.29, 1.82) is 0 Å². The summed E-state index contributed by atoms with van der Waals surface area (Å²) in [4.78, 5) is 0. The van der Waals surface area contributed by atoms with Gasteiger partial charge in [-0.1, -0.05) is 49.5 Å². The predicted molar refractivity (Wildman–Crippen MR) is 82.5 cm³/mol. The van der Waals surface area contributed by atoms with Gasteiger partial charge in [-0.05, 0) is 31.6 Å². The highest BCUT2D eigenvalue weighted by atomic mass is 79.9. The number of hydrogen-bond donors (Lipinski definition) is 0. The van der Waals surface area contributed by atoms with Gasteiger partial charge in [0.25, 0.3) is 0 Å². The summed E-state index contributed by atoms with van der Waals surface area (Å²) in [5, 5.41) is 9.82. The zero-order chi connectivity index (χ0) is 13.9. The van der Waals surface area contributed by atoms with Crippen molar-refractivity contribution >= 4 is 15.9 Å². The van der Waals surface area contributed by atoms with Crippen LogP contribution in [0.3, 0.4) is 0 Å². The second-order valence-electron chi connectivity index (χ2n) is 6.31. The van der Waals surface area contributed by atoms with Crippen LogP contribution in [0.15, 0.2) is 0 Å². The molecule has 0 aliphatic heterocycles. The van der Waals surface area contributed by atoms with E-state index in [4.69, 9.17) is 0 Å². The largest absolute Gasteiger partial charge is 0.314 e. The topological polar surface area (TPSA) is 30.7 Å². The molecule has 2 rings (SSSR count). The van der Waals surface area contributed by atoms with Crippen molar-refractivity contribution in [2.24, 2.45) is 5.92 Å². The number of aromatic nitrogens is 3. The number of alkyl halides is 1. The maximum Gasteiger partial charge on any atom is 0.143 e. The van der Waals surface area contributed by atoms with Crippen LogP contribution < -0.4 is 0 Å². The van der Waals surface area contributed by atoms with Gasteiger partial charge in [-0.3, -0.25) is 0 Å². The molecule has 0 amide bonds. The average Bonchev–Trinajstić information content (AvgIpc) is 2.96. The SMILES string of the molecule is CCCn1c(CBr)nnc1C1(CC(C)C)CCCC1. The fraction of sp³-hybridized carbons (Fsp3) is 0.867. The van der Waals surface area contributed by atoms with Crippen molar-refractivity contribution in [3.8, 4) is 0 Å². The molecule has 1 aliphatic rings. The van der Waals surface area contributed by atoms with Crippen molar-refractivity contribution in [2.75, 3.05) is 0 Å². The predicted octanol–water partition coefficient (Wildman–Crippen LogP) is 4.44. The molecule has 0 atom stereocenters. The van der Waals surface area contributed by atoms with E-state index < -0.39 is 0 Å². The molecule has 0 saturated heterocycles. The second-order valence-corrected chi connectivity index (χ2v) is 6.87. The maximum atomic E-state index is 4.60. The zero-order valence-corrected chi connectivity index (χ0v) is 14.0. The zero-order valence-electron chi connectivity index (χ0n) is 12.5. The molecule has 1 aliphatic carbocycles. The molecule has 0 spiro atoms. The molecule has 4 heteroatoms. The van der Waals surface area contributed by atoms with Crippen LogP contribution >= 0.6 is 15.9 Å². The lowest BCUT2D eigenvalue weighted by atomic mass is 9.77. The van der Waals surface area contributed by atoms with E-state index in [1.165, 1.54) is 37.9 Å². The third kappa shape index (κ3) is 3.04. The van der Waals surface area contributed by atoms with E-state index in [1.807, 2.05) is 0 Å². The van der Waals surface area contributed by atoms with Crippen LogP contribution in [0.2, 0.25) is 0 Å². The number of hydrogen-bond acceptors (Lipinski definition) is 2. The first kappa shape index (κ1) is 15.0. The van der Waals surface area contributed by atoms with Crippen LogP contribution in [0.4, 0.5) is 0 Å². The Hall–Kier alpha value is -0.380. The maximum absolute atomic E-state index is 4.60. The van der Waals surface area contributed by atoms with Crippen LogP contribution in [0.1, 0.15) is 70.9 Å². The molecule has 3 nitrogen and oxygen atoms in total. The van der Waals surface area contributed by atoms with E-state index in [-0.39, 0.29) is 5.41 Å². The minimum absolute atomic E-state index is 0.288. The van der Waals surface area contributed by atoms with Gasteiger partial charge >= 0.3 is 0 Å². The van der Waals surface area contributed by atoms with Gasteiger partial charge in [-0.2, -0.15) is 0 Å². The van der Waals surface area contributed by atoms with E-state index in [1.54, 1.807) is 0 Å². The van der Waals surface area contributed by atoms with Crippen LogP contribution in [-0.2, 0) is 17.3 Å². The van der Waals surface area contributed by atoms with Gasteiger partial charge in [0, 0.05) is 12.0 Å². The summed E-state index contributed by atoms with van der Waals surface area (Å²) in [7, 11) is 0. The highest BCUT2D eigenvalue weighted by Gasteiger charge is 2.40. The quantitative estimate of drug-likeness (QED) is 0.723. The number of rotatable bonds is 6. The smallest absolute Gasteiger partial charge is 0.143 e. The fourth-order valence-corrected chi connectivity index (χ4v) is 4.05. The van der Waals surface area contributed by atoms with Gasteiger partial charge in [0.15, 0.2) is 0 Å². The minimum atomic E-state index is 0.288. The van der Waals surface area contributed by atoms with E-state index in [9.17, 15) is 0 Å². The number of nitrogens with zero attached hydrogens (tertiary/aromatic N) is 3.